The van der Waals surface area contributed by atoms with E-state index >= 15 is 0 Å². The van der Waals surface area contributed by atoms with Crippen molar-refractivity contribution in [3.8, 4) is 0 Å². The van der Waals surface area contributed by atoms with E-state index in [0.717, 1.165) is 23.1 Å². The number of nitrogens with one attached hydrogen (secondary N) is 1. The molecule has 0 saturated heterocycles. The zero-order valence-corrected chi connectivity index (χ0v) is 23.3. The fourth-order valence-corrected chi connectivity index (χ4v) is 5.13. The van der Waals surface area contributed by atoms with E-state index in [1.54, 1.807) is 4.90 Å². The normalized spacial score (nSPS) is 13.1. The van der Waals surface area contributed by atoms with E-state index in [9.17, 15) is 18.0 Å². The predicted octanol–water partition coefficient (Wildman–Crippen LogP) is 4.57. The molecular formula is C28H41N3O4S. The lowest BCUT2D eigenvalue weighted by molar-refractivity contribution is -0.141. The summed E-state index contributed by atoms with van der Waals surface area (Å²) >= 11 is 0. The van der Waals surface area contributed by atoms with Gasteiger partial charge in [-0.3, -0.25) is 13.9 Å². The molecular weight excluding hydrogens is 474 g/mol. The summed E-state index contributed by atoms with van der Waals surface area (Å²) in [6.07, 6.45) is 2.95. The Bertz CT molecular complexity index is 1120. The number of amides is 2. The summed E-state index contributed by atoms with van der Waals surface area (Å²) in [5.74, 6) is -0.330. The second-order valence-electron chi connectivity index (χ2n) is 9.48. The number of carbonyl (C=O) groups excluding carboxylic acids is 2. The number of hydrogen-bond donors (Lipinski definition) is 1. The van der Waals surface area contributed by atoms with E-state index in [2.05, 4.69) is 5.32 Å². The van der Waals surface area contributed by atoms with Crippen LogP contribution in [0.2, 0.25) is 0 Å². The van der Waals surface area contributed by atoms with Crippen LogP contribution < -0.4 is 9.62 Å². The second-order valence-corrected chi connectivity index (χ2v) is 11.4. The van der Waals surface area contributed by atoms with Crippen molar-refractivity contribution in [1.82, 2.24) is 10.2 Å². The molecule has 0 aliphatic heterocycles. The van der Waals surface area contributed by atoms with Crippen molar-refractivity contribution in [2.45, 2.75) is 78.9 Å². The SMILES string of the molecule is CCC(C)NC(=O)C(CC)N(Cc1ccccc1)C(=O)CCCN(c1cc(C)ccc1C)S(C)(=O)=O. The van der Waals surface area contributed by atoms with Crippen molar-refractivity contribution in [3.05, 3.63) is 65.2 Å². The lowest BCUT2D eigenvalue weighted by Crippen LogP contribution is -2.50. The van der Waals surface area contributed by atoms with Crippen LogP contribution in [0.4, 0.5) is 5.69 Å². The Labute approximate surface area is 216 Å². The van der Waals surface area contributed by atoms with Crippen LogP contribution in [0, 0.1) is 13.8 Å². The number of hydrogen-bond acceptors (Lipinski definition) is 4. The average Bonchev–Trinajstić information content (AvgIpc) is 2.83. The molecule has 7 nitrogen and oxygen atoms in total. The van der Waals surface area contributed by atoms with Crippen molar-refractivity contribution < 1.29 is 18.0 Å². The fraction of sp³-hybridized carbons (Fsp3) is 0.500. The van der Waals surface area contributed by atoms with Crippen LogP contribution in [0.1, 0.15) is 63.1 Å². The standard InChI is InChI=1S/C28H41N3O4S/c1-7-23(5)29-28(33)25(8-2)30(20-24-13-10-9-11-14-24)27(32)15-12-18-31(36(6,34)35)26-19-21(3)16-17-22(26)4/h9-11,13-14,16-17,19,23,25H,7-8,12,15,18,20H2,1-6H3,(H,29,33). The minimum Gasteiger partial charge on any atom is -0.352 e. The molecule has 2 aromatic rings. The molecule has 0 aromatic heterocycles. The van der Waals surface area contributed by atoms with Gasteiger partial charge < -0.3 is 10.2 Å². The van der Waals surface area contributed by atoms with E-state index in [-0.39, 0.29) is 30.8 Å². The molecule has 2 amide bonds. The molecule has 0 saturated carbocycles. The largest absolute Gasteiger partial charge is 0.352 e. The molecule has 2 aromatic carbocycles. The monoisotopic (exact) mass is 515 g/mol. The lowest BCUT2D eigenvalue weighted by atomic mass is 10.1. The molecule has 8 heteroatoms. The molecule has 0 fully saturated rings. The fourth-order valence-electron chi connectivity index (χ4n) is 4.11. The summed E-state index contributed by atoms with van der Waals surface area (Å²) in [6, 6.07) is 14.7. The molecule has 0 aliphatic rings. The maximum Gasteiger partial charge on any atom is 0.243 e. The first-order chi connectivity index (χ1) is 17.0. The number of rotatable bonds is 13. The van der Waals surface area contributed by atoms with Crippen molar-refractivity contribution in [2.75, 3.05) is 17.1 Å². The van der Waals surface area contributed by atoms with Crippen LogP contribution in [0.15, 0.2) is 48.5 Å². The Morgan fingerprint density at radius 3 is 2.25 bits per heavy atom. The number of anilines is 1. The number of aryl methyl sites for hydroxylation is 2. The van der Waals surface area contributed by atoms with E-state index in [4.69, 9.17) is 0 Å². The number of benzene rings is 2. The third-order valence-electron chi connectivity index (χ3n) is 6.37. The molecule has 2 unspecified atom stereocenters. The van der Waals surface area contributed by atoms with E-state index in [1.165, 1.54) is 10.6 Å². The summed E-state index contributed by atoms with van der Waals surface area (Å²) in [5.41, 5.74) is 3.39. The minimum absolute atomic E-state index is 0.0149. The summed E-state index contributed by atoms with van der Waals surface area (Å²) in [7, 11) is -3.53. The summed E-state index contributed by atoms with van der Waals surface area (Å²) < 4.78 is 26.6. The Morgan fingerprint density at radius 1 is 1.00 bits per heavy atom. The van der Waals surface area contributed by atoms with Crippen LogP contribution in [0.25, 0.3) is 0 Å². The quantitative estimate of drug-likeness (QED) is 0.423. The molecule has 0 radical (unpaired) electrons. The van der Waals surface area contributed by atoms with Gasteiger partial charge in [-0.25, -0.2) is 8.42 Å². The van der Waals surface area contributed by atoms with Crippen molar-refractivity contribution in [3.63, 3.8) is 0 Å². The first-order valence-corrected chi connectivity index (χ1v) is 14.5. The number of carbonyl (C=O) groups is 2. The first kappa shape index (κ1) is 29.4. The topological polar surface area (TPSA) is 86.8 Å². The minimum atomic E-state index is -3.53. The van der Waals surface area contributed by atoms with Gasteiger partial charge in [0.15, 0.2) is 0 Å². The van der Waals surface area contributed by atoms with Gasteiger partial charge in [0, 0.05) is 25.6 Å². The molecule has 1 N–H and O–H groups in total. The van der Waals surface area contributed by atoms with Gasteiger partial charge in [-0.1, -0.05) is 56.3 Å². The summed E-state index contributed by atoms with van der Waals surface area (Å²) in [5, 5.41) is 3.01. The maximum absolute atomic E-state index is 13.5. The third kappa shape index (κ3) is 8.36. The van der Waals surface area contributed by atoms with E-state index < -0.39 is 16.1 Å². The molecule has 0 aliphatic carbocycles. The predicted molar refractivity (Wildman–Crippen MR) is 146 cm³/mol. The highest BCUT2D eigenvalue weighted by Crippen LogP contribution is 2.25. The van der Waals surface area contributed by atoms with Gasteiger partial charge in [0.25, 0.3) is 0 Å². The lowest BCUT2D eigenvalue weighted by Gasteiger charge is -2.32. The highest BCUT2D eigenvalue weighted by Gasteiger charge is 2.29. The van der Waals surface area contributed by atoms with Crippen LogP contribution in [0.3, 0.4) is 0 Å². The summed E-state index contributed by atoms with van der Waals surface area (Å²) in [4.78, 5) is 28.2. The summed E-state index contributed by atoms with van der Waals surface area (Å²) in [6.45, 7) is 10.1. The van der Waals surface area contributed by atoms with Crippen molar-refractivity contribution >= 4 is 27.5 Å². The van der Waals surface area contributed by atoms with Crippen LogP contribution >= 0.6 is 0 Å². The Morgan fingerprint density at radius 2 is 1.67 bits per heavy atom. The molecule has 2 atom stereocenters. The Hall–Kier alpha value is -2.87. The number of sulfonamides is 1. The van der Waals surface area contributed by atoms with E-state index in [1.807, 2.05) is 83.1 Å². The molecule has 0 spiro atoms. The van der Waals surface area contributed by atoms with Gasteiger partial charge in [0.1, 0.15) is 6.04 Å². The van der Waals surface area contributed by atoms with Gasteiger partial charge in [0.2, 0.25) is 21.8 Å². The number of nitrogens with zero attached hydrogens (tertiary/aromatic N) is 2. The van der Waals surface area contributed by atoms with Crippen LogP contribution in [-0.4, -0.2) is 50.0 Å². The van der Waals surface area contributed by atoms with Gasteiger partial charge in [-0.2, -0.15) is 0 Å². The van der Waals surface area contributed by atoms with E-state index in [0.29, 0.717) is 25.1 Å². The van der Waals surface area contributed by atoms with Gasteiger partial charge in [0.05, 0.1) is 11.9 Å². The van der Waals surface area contributed by atoms with Crippen molar-refractivity contribution in [1.29, 1.82) is 0 Å². The highest BCUT2D eigenvalue weighted by molar-refractivity contribution is 7.92. The Balaban J connectivity index is 2.23. The van der Waals surface area contributed by atoms with Gasteiger partial charge in [-0.05, 0) is 62.8 Å². The highest BCUT2D eigenvalue weighted by atomic mass is 32.2. The van der Waals surface area contributed by atoms with Crippen LogP contribution in [-0.2, 0) is 26.2 Å². The smallest absolute Gasteiger partial charge is 0.243 e. The van der Waals surface area contributed by atoms with Crippen LogP contribution in [0.5, 0.6) is 0 Å². The third-order valence-corrected chi connectivity index (χ3v) is 7.55. The molecule has 36 heavy (non-hydrogen) atoms. The van der Waals surface area contributed by atoms with Crippen molar-refractivity contribution in [2.24, 2.45) is 0 Å². The first-order valence-electron chi connectivity index (χ1n) is 12.7. The Kier molecular flexibility index (Phi) is 11.0. The zero-order chi connectivity index (χ0) is 26.9. The maximum atomic E-state index is 13.5. The van der Waals surface area contributed by atoms with Gasteiger partial charge in [-0.15, -0.1) is 0 Å². The average molecular weight is 516 g/mol. The van der Waals surface area contributed by atoms with Gasteiger partial charge >= 0.3 is 0 Å². The zero-order valence-electron chi connectivity index (χ0n) is 22.5. The molecule has 198 valence electrons. The molecule has 0 bridgehead atoms. The second kappa shape index (κ2) is 13.4. The molecule has 0 heterocycles. The molecule has 2 rings (SSSR count).